The van der Waals surface area contributed by atoms with E-state index < -0.39 is 10.0 Å². The minimum atomic E-state index is -3.69. The van der Waals surface area contributed by atoms with E-state index in [0.717, 1.165) is 24.2 Å². The molecule has 2 N–H and O–H groups in total. The average molecular weight is 471 g/mol. The van der Waals surface area contributed by atoms with Crippen LogP contribution >= 0.6 is 0 Å². The van der Waals surface area contributed by atoms with Crippen LogP contribution in [0, 0.1) is 0 Å². The van der Waals surface area contributed by atoms with E-state index in [1.165, 1.54) is 6.20 Å². The molecule has 0 amide bonds. The first-order valence-corrected chi connectivity index (χ1v) is 12.5. The van der Waals surface area contributed by atoms with Gasteiger partial charge in [0.1, 0.15) is 25.6 Å². The van der Waals surface area contributed by atoms with E-state index in [4.69, 9.17) is 14.2 Å². The van der Waals surface area contributed by atoms with Crippen LogP contribution in [0.5, 0.6) is 17.2 Å². The average Bonchev–Trinajstić information content (AvgIpc) is 3.43. The van der Waals surface area contributed by atoms with Gasteiger partial charge in [0.15, 0.2) is 16.5 Å². The normalized spacial score (nSPS) is 14.7. The van der Waals surface area contributed by atoms with Crippen LogP contribution in [0.25, 0.3) is 0 Å². The van der Waals surface area contributed by atoms with Crippen LogP contribution in [0.1, 0.15) is 17.8 Å². The van der Waals surface area contributed by atoms with Gasteiger partial charge in [0, 0.05) is 31.7 Å². The Bertz CT molecular complexity index is 1240. The summed E-state index contributed by atoms with van der Waals surface area (Å²) < 4.78 is 47.2. The monoisotopic (exact) mass is 470 g/mol. The van der Waals surface area contributed by atoms with Gasteiger partial charge in [-0.15, -0.1) is 0 Å². The van der Waals surface area contributed by atoms with Crippen LogP contribution in [0.3, 0.4) is 0 Å². The molecule has 0 aliphatic carbocycles. The van der Waals surface area contributed by atoms with Gasteiger partial charge in [-0.25, -0.2) is 4.98 Å². The summed E-state index contributed by atoms with van der Waals surface area (Å²) >= 11 is 0. The second kappa shape index (κ2) is 9.32. The largest absolute Gasteiger partial charge is 0.488 e. The summed E-state index contributed by atoms with van der Waals surface area (Å²) in [5.74, 6) is 2.84. The molecule has 0 saturated heterocycles. The summed E-state index contributed by atoms with van der Waals surface area (Å²) in [6.45, 7) is 3.38. The molecule has 10 heteroatoms. The number of aryl methyl sites for hydroxylation is 1. The molecule has 3 aromatic rings. The van der Waals surface area contributed by atoms with Crippen LogP contribution in [-0.2, 0) is 29.5 Å². The number of rotatable bonds is 9. The lowest BCUT2D eigenvalue weighted by Gasteiger charge is -2.20. The number of fused-ring (bicyclic) bond motifs is 2. The number of nitrogens with one attached hydrogen (secondary N) is 2. The number of aromatic nitrogens is 2. The molecule has 1 aromatic heterocycles. The van der Waals surface area contributed by atoms with Crippen molar-refractivity contribution in [3.63, 3.8) is 0 Å². The summed E-state index contributed by atoms with van der Waals surface area (Å²) in [4.78, 5) is 4.23. The molecule has 0 atom stereocenters. The molecule has 33 heavy (non-hydrogen) atoms. The van der Waals surface area contributed by atoms with Gasteiger partial charge in [0.2, 0.25) is 5.75 Å². The predicted octanol–water partition coefficient (Wildman–Crippen LogP) is 2.57. The van der Waals surface area contributed by atoms with Crippen LogP contribution in [0.2, 0.25) is 0 Å². The Morgan fingerprint density at radius 3 is 2.94 bits per heavy atom. The molecular weight excluding hydrogens is 444 g/mol. The molecule has 0 radical (unpaired) electrons. The maximum absolute atomic E-state index is 12.8. The minimum Gasteiger partial charge on any atom is -0.488 e. The zero-order valence-corrected chi connectivity index (χ0v) is 18.9. The number of hydrogen-bond acceptors (Lipinski definition) is 7. The Morgan fingerprint density at radius 1 is 1.12 bits per heavy atom. The van der Waals surface area contributed by atoms with Gasteiger partial charge in [0.25, 0.3) is 10.0 Å². The number of nitrogens with zero attached hydrogens (tertiary/aromatic N) is 2. The van der Waals surface area contributed by atoms with E-state index in [0.29, 0.717) is 62.4 Å². The third-order valence-corrected chi connectivity index (χ3v) is 6.91. The van der Waals surface area contributed by atoms with Crippen molar-refractivity contribution in [2.45, 2.75) is 31.0 Å². The van der Waals surface area contributed by atoms with Crippen molar-refractivity contribution in [3.05, 3.63) is 60.0 Å². The Hall–Kier alpha value is -3.24. The second-order valence-electron chi connectivity index (χ2n) is 7.88. The number of para-hydroxylation sites is 1. The quantitative estimate of drug-likeness (QED) is 0.463. The summed E-state index contributed by atoms with van der Waals surface area (Å²) in [6.07, 6.45) is 3.17. The summed E-state index contributed by atoms with van der Waals surface area (Å²) in [6, 6.07) is 12.9. The molecule has 0 unspecified atom stereocenters. The molecule has 2 aliphatic rings. The predicted molar refractivity (Wildman–Crippen MR) is 122 cm³/mol. The van der Waals surface area contributed by atoms with Crippen LogP contribution in [0.15, 0.2) is 53.7 Å². The summed E-state index contributed by atoms with van der Waals surface area (Å²) in [5, 5.41) is 3.53. The highest BCUT2D eigenvalue weighted by molar-refractivity contribution is 7.92. The Morgan fingerprint density at radius 2 is 2.00 bits per heavy atom. The fraction of sp³-hybridized carbons (Fsp3) is 0.348. The lowest BCUT2D eigenvalue weighted by molar-refractivity contribution is 0.162. The number of sulfonamides is 1. The van der Waals surface area contributed by atoms with E-state index in [2.05, 4.69) is 15.0 Å². The number of hydrogen-bond donors (Lipinski definition) is 2. The molecule has 0 spiro atoms. The topological polar surface area (TPSA) is 104 Å². The molecule has 0 fully saturated rings. The Labute approximate surface area is 192 Å². The Balaban J connectivity index is 1.14. The molecule has 2 aromatic carbocycles. The molecular formula is C23H26N4O5S. The standard InChI is InChI=1S/C23H26N4O5S/c28-33(29,22-16-25-21-8-3-10-27(21)22)26-18-5-1-4-17(14-18)15-24-9-11-30-19-6-2-7-20-23(19)32-13-12-31-20/h1-2,4-7,14,16,24,26H,3,8-13,15H2. The highest BCUT2D eigenvalue weighted by Gasteiger charge is 2.25. The van der Waals surface area contributed by atoms with E-state index in [1.54, 1.807) is 10.6 Å². The lowest BCUT2D eigenvalue weighted by atomic mass is 10.2. The first-order valence-electron chi connectivity index (χ1n) is 11.0. The fourth-order valence-corrected chi connectivity index (χ4v) is 5.24. The SMILES string of the molecule is O=S(=O)(Nc1cccc(CNCCOc2cccc3c2OCCO3)c1)c1cnc2n1CCC2. The minimum absolute atomic E-state index is 0.216. The summed E-state index contributed by atoms with van der Waals surface area (Å²) in [7, 11) is -3.69. The van der Waals surface area contributed by atoms with Crippen molar-refractivity contribution in [2.75, 3.05) is 31.1 Å². The third kappa shape index (κ3) is 4.76. The number of ether oxygens (including phenoxy) is 3. The summed E-state index contributed by atoms with van der Waals surface area (Å²) in [5.41, 5.74) is 1.48. The van der Waals surface area contributed by atoms with Gasteiger partial charge in [-0.1, -0.05) is 18.2 Å². The first-order chi connectivity index (χ1) is 16.1. The first kappa shape index (κ1) is 21.6. The van der Waals surface area contributed by atoms with Gasteiger partial charge in [0.05, 0.1) is 6.20 Å². The lowest BCUT2D eigenvalue weighted by Crippen LogP contribution is -2.22. The van der Waals surface area contributed by atoms with Crippen LogP contribution in [-0.4, -0.2) is 44.3 Å². The van der Waals surface area contributed by atoms with Crippen molar-refractivity contribution < 1.29 is 22.6 Å². The second-order valence-corrected chi connectivity index (χ2v) is 9.51. The van der Waals surface area contributed by atoms with Gasteiger partial charge in [-0.05, 0) is 36.2 Å². The molecule has 5 rings (SSSR count). The van der Waals surface area contributed by atoms with Crippen LogP contribution in [0.4, 0.5) is 5.69 Å². The number of benzene rings is 2. The van der Waals surface area contributed by atoms with Crippen molar-refractivity contribution in [3.8, 4) is 17.2 Å². The smallest absolute Gasteiger partial charge is 0.279 e. The fourth-order valence-electron chi connectivity index (χ4n) is 4.02. The highest BCUT2D eigenvalue weighted by Crippen LogP contribution is 2.38. The van der Waals surface area contributed by atoms with Gasteiger partial charge in [-0.3, -0.25) is 4.72 Å². The third-order valence-electron chi connectivity index (χ3n) is 5.53. The molecule has 3 heterocycles. The molecule has 2 aliphatic heterocycles. The van der Waals surface area contributed by atoms with Crippen molar-refractivity contribution in [1.82, 2.24) is 14.9 Å². The van der Waals surface area contributed by atoms with Gasteiger partial charge < -0.3 is 24.1 Å². The van der Waals surface area contributed by atoms with Crippen molar-refractivity contribution in [2.24, 2.45) is 0 Å². The molecule has 0 bridgehead atoms. The van der Waals surface area contributed by atoms with Gasteiger partial charge >= 0.3 is 0 Å². The van der Waals surface area contributed by atoms with Gasteiger partial charge in [-0.2, -0.15) is 8.42 Å². The Kier molecular flexibility index (Phi) is 6.10. The van der Waals surface area contributed by atoms with E-state index in [-0.39, 0.29) is 5.03 Å². The maximum Gasteiger partial charge on any atom is 0.279 e. The van der Waals surface area contributed by atoms with E-state index >= 15 is 0 Å². The zero-order valence-electron chi connectivity index (χ0n) is 18.1. The molecule has 174 valence electrons. The van der Waals surface area contributed by atoms with Crippen molar-refractivity contribution >= 4 is 15.7 Å². The zero-order chi connectivity index (χ0) is 22.7. The van der Waals surface area contributed by atoms with Crippen LogP contribution < -0.4 is 24.2 Å². The van der Waals surface area contributed by atoms with Crippen molar-refractivity contribution in [1.29, 1.82) is 0 Å². The maximum atomic E-state index is 12.8. The number of anilines is 1. The molecule has 9 nitrogen and oxygen atoms in total. The number of imidazole rings is 1. The van der Waals surface area contributed by atoms with E-state index in [9.17, 15) is 8.42 Å². The molecule has 0 saturated carbocycles. The highest BCUT2D eigenvalue weighted by atomic mass is 32.2. The van der Waals surface area contributed by atoms with E-state index in [1.807, 2.05) is 36.4 Å².